The number of nitrogen functional groups attached to an aromatic ring is 1. The lowest BCUT2D eigenvalue weighted by atomic mass is 10.1. The molecule has 1 aromatic heterocycles. The molecule has 0 bridgehead atoms. The first-order valence-corrected chi connectivity index (χ1v) is 6.08. The van der Waals surface area contributed by atoms with Crippen molar-refractivity contribution in [2.24, 2.45) is 0 Å². The summed E-state index contributed by atoms with van der Waals surface area (Å²) >= 11 is 0. The van der Waals surface area contributed by atoms with Gasteiger partial charge in [-0.3, -0.25) is 9.88 Å². The highest BCUT2D eigenvalue weighted by atomic mass is 15.1. The second kappa shape index (κ2) is 5.65. The molecule has 1 aromatic carbocycles. The average Bonchev–Trinajstić information content (AvgIpc) is 2.36. The van der Waals surface area contributed by atoms with Crippen molar-refractivity contribution < 1.29 is 0 Å². The Labute approximate surface area is 108 Å². The first-order chi connectivity index (χ1) is 8.66. The van der Waals surface area contributed by atoms with Crippen LogP contribution in [0.4, 0.5) is 5.69 Å². The Kier molecular flexibility index (Phi) is 3.95. The minimum Gasteiger partial charge on any atom is -0.399 e. The maximum absolute atomic E-state index is 5.92. The monoisotopic (exact) mass is 241 g/mol. The Hall–Kier alpha value is -1.87. The summed E-state index contributed by atoms with van der Waals surface area (Å²) in [6.45, 7) is 3.89. The fourth-order valence-corrected chi connectivity index (χ4v) is 2.02. The number of nitrogens with two attached hydrogens (primary N) is 1. The minimum absolute atomic E-state index is 0.866. The third-order valence-corrected chi connectivity index (χ3v) is 3.13. The van der Waals surface area contributed by atoms with Gasteiger partial charge in [0.15, 0.2) is 0 Å². The molecule has 2 N–H and O–H groups in total. The molecular weight excluding hydrogens is 222 g/mol. The molecule has 0 aliphatic carbocycles. The van der Waals surface area contributed by atoms with Crippen LogP contribution in [0.15, 0.2) is 42.7 Å². The second-order valence-corrected chi connectivity index (χ2v) is 4.66. The van der Waals surface area contributed by atoms with Crippen molar-refractivity contribution in [3.8, 4) is 0 Å². The Balaban J connectivity index is 2.03. The molecule has 0 saturated carbocycles. The molecule has 18 heavy (non-hydrogen) atoms. The van der Waals surface area contributed by atoms with Crippen LogP contribution in [-0.4, -0.2) is 16.9 Å². The first-order valence-electron chi connectivity index (χ1n) is 6.08. The van der Waals surface area contributed by atoms with E-state index in [1.165, 1.54) is 16.7 Å². The third kappa shape index (κ3) is 3.08. The van der Waals surface area contributed by atoms with Gasteiger partial charge >= 0.3 is 0 Å². The number of nitrogens with zero attached hydrogens (tertiary/aromatic N) is 2. The molecule has 0 radical (unpaired) electrons. The molecule has 0 fully saturated rings. The van der Waals surface area contributed by atoms with Crippen LogP contribution in [0.25, 0.3) is 0 Å². The molecule has 94 valence electrons. The van der Waals surface area contributed by atoms with E-state index in [2.05, 4.69) is 29.9 Å². The number of anilines is 1. The molecule has 0 unspecified atom stereocenters. The second-order valence-electron chi connectivity index (χ2n) is 4.66. The maximum atomic E-state index is 5.92. The molecule has 0 saturated heterocycles. The molecule has 1 heterocycles. The largest absolute Gasteiger partial charge is 0.399 e. The van der Waals surface area contributed by atoms with Gasteiger partial charge in [-0.25, -0.2) is 0 Å². The highest BCUT2D eigenvalue weighted by molar-refractivity contribution is 5.49. The first kappa shape index (κ1) is 12.6. The van der Waals surface area contributed by atoms with Crippen LogP contribution in [0.1, 0.15) is 16.7 Å². The molecule has 0 spiro atoms. The van der Waals surface area contributed by atoms with E-state index in [9.17, 15) is 0 Å². The van der Waals surface area contributed by atoms with Crippen LogP contribution in [0.3, 0.4) is 0 Å². The van der Waals surface area contributed by atoms with Gasteiger partial charge in [-0.15, -0.1) is 0 Å². The lowest BCUT2D eigenvalue weighted by Crippen LogP contribution is -2.18. The van der Waals surface area contributed by atoms with Crippen LogP contribution in [0, 0.1) is 6.92 Å². The quantitative estimate of drug-likeness (QED) is 0.837. The van der Waals surface area contributed by atoms with Crippen molar-refractivity contribution in [1.82, 2.24) is 9.88 Å². The number of aromatic nitrogens is 1. The van der Waals surface area contributed by atoms with Crippen LogP contribution in [-0.2, 0) is 13.1 Å². The van der Waals surface area contributed by atoms with Gasteiger partial charge in [0, 0.05) is 31.2 Å². The summed E-state index contributed by atoms with van der Waals surface area (Å²) in [6, 6.07) is 10.2. The van der Waals surface area contributed by atoms with Gasteiger partial charge in [0.1, 0.15) is 0 Å². The van der Waals surface area contributed by atoms with E-state index < -0.39 is 0 Å². The molecule has 2 rings (SSSR count). The number of hydrogen-bond donors (Lipinski definition) is 1. The minimum atomic E-state index is 0.866. The van der Waals surface area contributed by atoms with Gasteiger partial charge in [0.25, 0.3) is 0 Å². The van der Waals surface area contributed by atoms with Crippen LogP contribution in [0.2, 0.25) is 0 Å². The van der Waals surface area contributed by atoms with Crippen molar-refractivity contribution in [1.29, 1.82) is 0 Å². The van der Waals surface area contributed by atoms with E-state index in [4.69, 9.17) is 5.73 Å². The summed E-state index contributed by atoms with van der Waals surface area (Å²) in [4.78, 5) is 6.30. The van der Waals surface area contributed by atoms with Gasteiger partial charge < -0.3 is 5.73 Å². The summed E-state index contributed by atoms with van der Waals surface area (Å²) in [6.07, 6.45) is 3.66. The number of hydrogen-bond acceptors (Lipinski definition) is 3. The number of pyridine rings is 1. The molecule has 0 amide bonds. The predicted molar refractivity (Wildman–Crippen MR) is 75.0 cm³/mol. The highest BCUT2D eigenvalue weighted by Gasteiger charge is 2.05. The van der Waals surface area contributed by atoms with Gasteiger partial charge in [-0.2, -0.15) is 0 Å². The SMILES string of the molecule is Cc1c(N)cccc1CN(C)Cc1ccncc1. The standard InChI is InChI=1S/C15H19N3/c1-12-14(4-3-5-15(12)16)11-18(2)10-13-6-8-17-9-7-13/h3-9H,10-11,16H2,1-2H3. The number of rotatable bonds is 4. The van der Waals surface area contributed by atoms with Crippen molar-refractivity contribution in [2.45, 2.75) is 20.0 Å². The molecule has 0 aliphatic heterocycles. The fourth-order valence-electron chi connectivity index (χ4n) is 2.02. The molecule has 0 aliphatic rings. The summed E-state index contributed by atoms with van der Waals surface area (Å²) in [5.41, 5.74) is 10.5. The summed E-state index contributed by atoms with van der Waals surface area (Å²) in [5.74, 6) is 0. The van der Waals surface area contributed by atoms with Gasteiger partial charge in [-0.1, -0.05) is 12.1 Å². The van der Waals surface area contributed by atoms with E-state index in [1.54, 1.807) is 0 Å². The molecule has 2 aromatic rings. The predicted octanol–water partition coefficient (Wildman–Crippen LogP) is 2.60. The zero-order valence-electron chi connectivity index (χ0n) is 10.9. The van der Waals surface area contributed by atoms with Crippen LogP contribution >= 0.6 is 0 Å². The maximum Gasteiger partial charge on any atom is 0.0346 e. The normalized spacial score (nSPS) is 10.8. The van der Waals surface area contributed by atoms with Gasteiger partial charge in [-0.05, 0) is 48.9 Å². The smallest absolute Gasteiger partial charge is 0.0346 e. The Bertz CT molecular complexity index is 508. The topological polar surface area (TPSA) is 42.1 Å². The van der Waals surface area contributed by atoms with Crippen molar-refractivity contribution in [2.75, 3.05) is 12.8 Å². The zero-order chi connectivity index (χ0) is 13.0. The van der Waals surface area contributed by atoms with E-state index in [0.717, 1.165) is 18.8 Å². The Morgan fingerprint density at radius 2 is 1.83 bits per heavy atom. The average molecular weight is 241 g/mol. The Morgan fingerprint density at radius 3 is 2.56 bits per heavy atom. The van der Waals surface area contributed by atoms with Crippen LogP contribution in [0.5, 0.6) is 0 Å². The summed E-state index contributed by atoms with van der Waals surface area (Å²) in [7, 11) is 2.11. The van der Waals surface area contributed by atoms with Crippen molar-refractivity contribution in [3.05, 3.63) is 59.4 Å². The van der Waals surface area contributed by atoms with Gasteiger partial charge in [0.2, 0.25) is 0 Å². The number of benzene rings is 1. The van der Waals surface area contributed by atoms with E-state index in [0.29, 0.717) is 0 Å². The van der Waals surface area contributed by atoms with Crippen LogP contribution < -0.4 is 5.73 Å². The van der Waals surface area contributed by atoms with Crippen molar-refractivity contribution in [3.63, 3.8) is 0 Å². The molecule has 0 atom stereocenters. The third-order valence-electron chi connectivity index (χ3n) is 3.13. The molecule has 3 nitrogen and oxygen atoms in total. The van der Waals surface area contributed by atoms with E-state index >= 15 is 0 Å². The highest BCUT2D eigenvalue weighted by Crippen LogP contribution is 2.17. The van der Waals surface area contributed by atoms with E-state index in [1.807, 2.05) is 36.7 Å². The summed E-state index contributed by atoms with van der Waals surface area (Å²) in [5, 5.41) is 0. The summed E-state index contributed by atoms with van der Waals surface area (Å²) < 4.78 is 0. The zero-order valence-corrected chi connectivity index (χ0v) is 10.9. The Morgan fingerprint density at radius 1 is 1.11 bits per heavy atom. The molecular formula is C15H19N3. The van der Waals surface area contributed by atoms with Gasteiger partial charge in [0.05, 0.1) is 0 Å². The van der Waals surface area contributed by atoms with E-state index in [-0.39, 0.29) is 0 Å². The lowest BCUT2D eigenvalue weighted by molar-refractivity contribution is 0.318. The molecule has 3 heteroatoms. The lowest BCUT2D eigenvalue weighted by Gasteiger charge is -2.18. The fraction of sp³-hybridized carbons (Fsp3) is 0.267. The van der Waals surface area contributed by atoms with Crippen molar-refractivity contribution >= 4 is 5.69 Å².